The first-order valence-corrected chi connectivity index (χ1v) is 7.65. The molecule has 2 N–H and O–H groups in total. The number of nitrogens with one attached hydrogen (secondary N) is 1. The van der Waals surface area contributed by atoms with Gasteiger partial charge in [-0.15, -0.1) is 11.3 Å². The van der Waals surface area contributed by atoms with E-state index in [1.54, 1.807) is 33.8 Å². The molecule has 0 aliphatic heterocycles. The van der Waals surface area contributed by atoms with Crippen LogP contribution in [0.15, 0.2) is 18.2 Å². The van der Waals surface area contributed by atoms with Crippen LogP contribution in [-0.4, -0.2) is 22.2 Å². The van der Waals surface area contributed by atoms with Crippen LogP contribution in [-0.2, 0) is 0 Å². The highest BCUT2D eigenvalue weighted by Crippen LogP contribution is 2.36. The third-order valence-corrected chi connectivity index (χ3v) is 5.41. The zero-order chi connectivity index (χ0) is 16.0. The molecular formula is C15H17ClFNO2S. The minimum atomic E-state index is -1.10. The van der Waals surface area contributed by atoms with Crippen molar-refractivity contribution >= 4 is 38.9 Å². The van der Waals surface area contributed by atoms with Crippen LogP contribution in [0.3, 0.4) is 0 Å². The average molecular weight is 330 g/mol. The van der Waals surface area contributed by atoms with E-state index in [1.807, 2.05) is 0 Å². The summed E-state index contributed by atoms with van der Waals surface area (Å²) < 4.78 is 13.9. The van der Waals surface area contributed by atoms with Gasteiger partial charge in [-0.1, -0.05) is 11.6 Å². The topological polar surface area (TPSA) is 49.3 Å². The summed E-state index contributed by atoms with van der Waals surface area (Å²) >= 11 is 7.34. The maximum atomic E-state index is 13.2. The SMILES string of the molecule is CC(C)(O)C(C)(C)NC(=O)c1sc2cc(F)ccc2c1Cl. The maximum absolute atomic E-state index is 13.2. The lowest BCUT2D eigenvalue weighted by Gasteiger charge is -2.37. The summed E-state index contributed by atoms with van der Waals surface area (Å²) in [5.41, 5.74) is -1.94. The van der Waals surface area contributed by atoms with E-state index in [0.717, 1.165) is 11.3 Å². The number of rotatable bonds is 3. The van der Waals surface area contributed by atoms with Crippen molar-refractivity contribution < 1.29 is 14.3 Å². The first-order chi connectivity index (χ1) is 9.53. The van der Waals surface area contributed by atoms with Crippen molar-refractivity contribution in [3.8, 4) is 0 Å². The normalized spacial score (nSPS) is 12.7. The van der Waals surface area contributed by atoms with E-state index in [4.69, 9.17) is 11.6 Å². The van der Waals surface area contributed by atoms with Gasteiger partial charge < -0.3 is 10.4 Å². The lowest BCUT2D eigenvalue weighted by molar-refractivity contribution is -0.00284. The lowest BCUT2D eigenvalue weighted by atomic mass is 9.86. The molecule has 0 spiro atoms. The summed E-state index contributed by atoms with van der Waals surface area (Å²) in [6, 6.07) is 4.22. The van der Waals surface area contributed by atoms with E-state index in [-0.39, 0.29) is 11.7 Å². The summed E-state index contributed by atoms with van der Waals surface area (Å²) in [6.45, 7) is 6.70. The van der Waals surface area contributed by atoms with Crippen LogP contribution >= 0.6 is 22.9 Å². The molecule has 6 heteroatoms. The van der Waals surface area contributed by atoms with Gasteiger partial charge in [0, 0.05) is 10.1 Å². The number of hydrogen-bond acceptors (Lipinski definition) is 3. The van der Waals surface area contributed by atoms with Crippen LogP contribution < -0.4 is 5.32 Å². The second-order valence-electron chi connectivity index (χ2n) is 6.02. The number of thiophene rings is 1. The molecule has 1 aromatic heterocycles. The van der Waals surface area contributed by atoms with Gasteiger partial charge in [-0.2, -0.15) is 0 Å². The molecule has 0 aliphatic rings. The highest BCUT2D eigenvalue weighted by molar-refractivity contribution is 7.21. The van der Waals surface area contributed by atoms with Crippen molar-refractivity contribution in [2.24, 2.45) is 0 Å². The second kappa shape index (κ2) is 5.23. The molecule has 2 rings (SSSR count). The van der Waals surface area contributed by atoms with Gasteiger partial charge in [0.2, 0.25) is 0 Å². The Morgan fingerprint density at radius 2 is 1.95 bits per heavy atom. The zero-order valence-electron chi connectivity index (χ0n) is 12.3. The predicted octanol–water partition coefficient (Wildman–Crippen LogP) is 3.97. The summed E-state index contributed by atoms with van der Waals surface area (Å²) in [4.78, 5) is 12.7. The van der Waals surface area contributed by atoms with E-state index < -0.39 is 11.1 Å². The van der Waals surface area contributed by atoms with Crippen LogP contribution in [0, 0.1) is 5.82 Å². The van der Waals surface area contributed by atoms with Crippen LogP contribution in [0.5, 0.6) is 0 Å². The summed E-state index contributed by atoms with van der Waals surface area (Å²) in [5.74, 6) is -0.752. The fraction of sp³-hybridized carbons (Fsp3) is 0.400. The number of carbonyl (C=O) groups excluding carboxylic acids is 1. The van der Waals surface area contributed by atoms with Gasteiger partial charge in [0.05, 0.1) is 16.2 Å². The lowest BCUT2D eigenvalue weighted by Crippen LogP contribution is -2.57. The first-order valence-electron chi connectivity index (χ1n) is 6.45. The molecule has 0 fully saturated rings. The molecule has 1 amide bonds. The number of benzene rings is 1. The Hall–Kier alpha value is -1.17. The minimum absolute atomic E-state index is 0.305. The van der Waals surface area contributed by atoms with E-state index >= 15 is 0 Å². The van der Waals surface area contributed by atoms with E-state index in [1.165, 1.54) is 12.1 Å². The molecule has 21 heavy (non-hydrogen) atoms. The van der Waals surface area contributed by atoms with Gasteiger partial charge in [-0.25, -0.2) is 4.39 Å². The quantitative estimate of drug-likeness (QED) is 0.895. The summed E-state index contributed by atoms with van der Waals surface area (Å²) in [7, 11) is 0. The van der Waals surface area contributed by atoms with Crippen molar-refractivity contribution in [3.05, 3.63) is 33.9 Å². The molecule has 2 aromatic rings. The monoisotopic (exact) mass is 329 g/mol. The fourth-order valence-corrected chi connectivity index (χ4v) is 3.12. The third-order valence-electron chi connectivity index (χ3n) is 3.75. The van der Waals surface area contributed by atoms with E-state index in [0.29, 0.717) is 20.0 Å². The molecule has 0 saturated carbocycles. The average Bonchev–Trinajstić information content (AvgIpc) is 2.64. The Labute approximate surface area is 131 Å². The van der Waals surface area contributed by atoms with Crippen LogP contribution in [0.1, 0.15) is 37.4 Å². The van der Waals surface area contributed by atoms with Crippen LogP contribution in [0.2, 0.25) is 5.02 Å². The van der Waals surface area contributed by atoms with Crippen molar-refractivity contribution in [3.63, 3.8) is 0 Å². The number of carbonyl (C=O) groups is 1. The summed E-state index contributed by atoms with van der Waals surface area (Å²) in [5, 5.41) is 13.8. The molecular weight excluding hydrogens is 313 g/mol. The Kier molecular flexibility index (Phi) is 4.04. The van der Waals surface area contributed by atoms with Gasteiger partial charge in [-0.3, -0.25) is 4.79 Å². The summed E-state index contributed by atoms with van der Waals surface area (Å²) in [6.07, 6.45) is 0. The molecule has 0 radical (unpaired) electrons. The zero-order valence-corrected chi connectivity index (χ0v) is 13.8. The molecule has 0 saturated heterocycles. The Bertz CT molecular complexity index is 703. The Morgan fingerprint density at radius 1 is 1.33 bits per heavy atom. The number of halogens is 2. The Balaban J connectivity index is 2.39. The third kappa shape index (κ3) is 3.05. The molecule has 0 aliphatic carbocycles. The van der Waals surface area contributed by atoms with Gasteiger partial charge >= 0.3 is 0 Å². The molecule has 0 atom stereocenters. The molecule has 1 heterocycles. The molecule has 0 unspecified atom stereocenters. The number of hydrogen-bond donors (Lipinski definition) is 2. The first kappa shape index (κ1) is 16.2. The number of aliphatic hydroxyl groups is 1. The van der Waals surface area contributed by atoms with Gasteiger partial charge in [0.1, 0.15) is 10.7 Å². The minimum Gasteiger partial charge on any atom is -0.388 e. The van der Waals surface area contributed by atoms with Gasteiger partial charge in [-0.05, 0) is 45.9 Å². The molecule has 3 nitrogen and oxygen atoms in total. The van der Waals surface area contributed by atoms with E-state index in [9.17, 15) is 14.3 Å². The number of amides is 1. The molecule has 0 bridgehead atoms. The largest absolute Gasteiger partial charge is 0.388 e. The molecule has 1 aromatic carbocycles. The standard InChI is InChI=1S/C15H17ClFNO2S/c1-14(2,15(3,4)20)18-13(19)12-11(16)9-6-5-8(17)7-10(9)21-12/h5-7,20H,1-4H3,(H,18,19). The highest BCUT2D eigenvalue weighted by atomic mass is 35.5. The smallest absolute Gasteiger partial charge is 0.263 e. The van der Waals surface area contributed by atoms with E-state index in [2.05, 4.69) is 5.32 Å². The van der Waals surface area contributed by atoms with Crippen molar-refractivity contribution in [2.45, 2.75) is 38.8 Å². The highest BCUT2D eigenvalue weighted by Gasteiger charge is 2.37. The van der Waals surface area contributed by atoms with Crippen LogP contribution in [0.25, 0.3) is 10.1 Å². The number of fused-ring (bicyclic) bond motifs is 1. The Morgan fingerprint density at radius 3 is 2.52 bits per heavy atom. The van der Waals surface area contributed by atoms with Crippen LogP contribution in [0.4, 0.5) is 4.39 Å². The van der Waals surface area contributed by atoms with Gasteiger partial charge in [0.15, 0.2) is 0 Å². The van der Waals surface area contributed by atoms with Crippen molar-refractivity contribution in [1.82, 2.24) is 5.32 Å². The molecule has 114 valence electrons. The van der Waals surface area contributed by atoms with Crippen molar-refractivity contribution in [2.75, 3.05) is 0 Å². The fourth-order valence-electron chi connectivity index (χ4n) is 1.68. The maximum Gasteiger partial charge on any atom is 0.263 e. The van der Waals surface area contributed by atoms with Gasteiger partial charge in [0.25, 0.3) is 5.91 Å². The predicted molar refractivity (Wildman–Crippen MR) is 84.6 cm³/mol. The second-order valence-corrected chi connectivity index (χ2v) is 7.45. The van der Waals surface area contributed by atoms with Crippen molar-refractivity contribution in [1.29, 1.82) is 0 Å².